The smallest absolute Gasteiger partial charge is 0.252 e. The lowest BCUT2D eigenvalue weighted by atomic mass is 10.0. The van der Waals surface area contributed by atoms with Gasteiger partial charge in [-0.2, -0.15) is 0 Å². The van der Waals surface area contributed by atoms with Gasteiger partial charge in [-0.3, -0.25) is 4.79 Å². The van der Waals surface area contributed by atoms with Gasteiger partial charge in [0.25, 0.3) is 5.91 Å². The number of carbonyl (C=O) groups excluding carboxylic acids is 1. The van der Waals surface area contributed by atoms with E-state index >= 15 is 0 Å². The maximum absolute atomic E-state index is 11.8. The van der Waals surface area contributed by atoms with Crippen molar-refractivity contribution >= 4 is 11.7 Å². The molecule has 1 aromatic heterocycles. The number of hydrogen-bond acceptors (Lipinski definition) is 4. The molecule has 0 saturated carbocycles. The first-order chi connectivity index (χ1) is 9.63. The zero-order chi connectivity index (χ0) is 14.8. The highest BCUT2D eigenvalue weighted by atomic mass is 16.1. The van der Waals surface area contributed by atoms with Crippen LogP contribution in [0.15, 0.2) is 18.3 Å². The molecule has 0 fully saturated rings. The Bertz CT molecular complexity index is 389. The molecule has 0 aliphatic carbocycles. The number of hydrazine groups is 1. The fourth-order valence-corrected chi connectivity index (χ4v) is 1.95. The Hall–Kier alpha value is -1.62. The minimum Gasteiger partial charge on any atom is -0.352 e. The summed E-state index contributed by atoms with van der Waals surface area (Å²) in [6.07, 6.45) is 7.53. The second kappa shape index (κ2) is 9.31. The van der Waals surface area contributed by atoms with Crippen LogP contribution in [0.25, 0.3) is 0 Å². The summed E-state index contributed by atoms with van der Waals surface area (Å²) in [5.74, 6) is 6.47. The van der Waals surface area contributed by atoms with Crippen molar-refractivity contribution in [2.45, 2.75) is 46.0 Å². The molecule has 0 aliphatic rings. The van der Waals surface area contributed by atoms with E-state index in [9.17, 15) is 4.79 Å². The van der Waals surface area contributed by atoms with Gasteiger partial charge < -0.3 is 10.7 Å². The van der Waals surface area contributed by atoms with Crippen molar-refractivity contribution in [1.29, 1.82) is 0 Å². The fourth-order valence-electron chi connectivity index (χ4n) is 1.95. The molecule has 0 bridgehead atoms. The SMILES string of the molecule is CC(C)CCCCCCNC(=O)c1ccc(NN)nc1. The van der Waals surface area contributed by atoms with Gasteiger partial charge >= 0.3 is 0 Å². The normalized spacial score (nSPS) is 10.6. The van der Waals surface area contributed by atoms with E-state index in [1.54, 1.807) is 12.1 Å². The number of nitrogens with two attached hydrogens (primary N) is 1. The Kier molecular flexibility index (Phi) is 7.65. The second-order valence-corrected chi connectivity index (χ2v) is 5.43. The number of nitrogen functional groups attached to an aromatic ring is 1. The molecule has 0 aromatic carbocycles. The lowest BCUT2D eigenvalue weighted by molar-refractivity contribution is 0.0952. The van der Waals surface area contributed by atoms with Crippen LogP contribution in [0, 0.1) is 5.92 Å². The maximum Gasteiger partial charge on any atom is 0.252 e. The van der Waals surface area contributed by atoms with Gasteiger partial charge in [-0.05, 0) is 24.5 Å². The summed E-state index contributed by atoms with van der Waals surface area (Å²) in [4.78, 5) is 15.8. The number of pyridine rings is 1. The highest BCUT2D eigenvalue weighted by molar-refractivity contribution is 5.93. The van der Waals surface area contributed by atoms with Crippen molar-refractivity contribution in [2.24, 2.45) is 11.8 Å². The van der Waals surface area contributed by atoms with Gasteiger partial charge in [0, 0.05) is 12.7 Å². The highest BCUT2D eigenvalue weighted by Gasteiger charge is 2.04. The average molecular weight is 278 g/mol. The Morgan fingerprint density at radius 2 is 2.00 bits per heavy atom. The first-order valence-electron chi connectivity index (χ1n) is 7.34. The van der Waals surface area contributed by atoms with Crippen LogP contribution in [-0.2, 0) is 0 Å². The molecule has 1 aromatic rings. The van der Waals surface area contributed by atoms with Gasteiger partial charge in [0.15, 0.2) is 0 Å². The molecule has 0 spiro atoms. The topological polar surface area (TPSA) is 80.0 Å². The van der Waals surface area contributed by atoms with Crippen LogP contribution >= 0.6 is 0 Å². The zero-order valence-corrected chi connectivity index (χ0v) is 12.5. The molecule has 112 valence electrons. The third-order valence-electron chi connectivity index (χ3n) is 3.17. The van der Waals surface area contributed by atoms with Gasteiger partial charge in [-0.25, -0.2) is 10.8 Å². The van der Waals surface area contributed by atoms with Crippen molar-refractivity contribution in [3.8, 4) is 0 Å². The van der Waals surface area contributed by atoms with Crippen LogP contribution in [-0.4, -0.2) is 17.4 Å². The largest absolute Gasteiger partial charge is 0.352 e. The van der Waals surface area contributed by atoms with Gasteiger partial charge in [0.2, 0.25) is 0 Å². The predicted octanol–water partition coefficient (Wildman–Crippen LogP) is 2.70. The molecule has 0 saturated heterocycles. The number of rotatable bonds is 9. The van der Waals surface area contributed by atoms with Crippen molar-refractivity contribution in [1.82, 2.24) is 10.3 Å². The fraction of sp³-hybridized carbons (Fsp3) is 0.600. The standard InChI is InChI=1S/C15H26N4O/c1-12(2)7-5-3-4-6-10-17-15(20)13-8-9-14(19-16)18-11-13/h8-9,11-12H,3-7,10,16H2,1-2H3,(H,17,20)(H,18,19). The summed E-state index contributed by atoms with van der Waals surface area (Å²) < 4.78 is 0. The summed E-state index contributed by atoms with van der Waals surface area (Å²) in [7, 11) is 0. The van der Waals surface area contributed by atoms with Crippen molar-refractivity contribution < 1.29 is 4.79 Å². The number of carbonyl (C=O) groups is 1. The molecule has 1 heterocycles. The number of amides is 1. The molecule has 1 rings (SSSR count). The summed E-state index contributed by atoms with van der Waals surface area (Å²) >= 11 is 0. The monoisotopic (exact) mass is 278 g/mol. The van der Waals surface area contributed by atoms with Crippen LogP contribution in [0.3, 0.4) is 0 Å². The van der Waals surface area contributed by atoms with E-state index < -0.39 is 0 Å². The van der Waals surface area contributed by atoms with Crippen molar-refractivity contribution in [2.75, 3.05) is 12.0 Å². The number of nitrogens with zero attached hydrogens (tertiary/aromatic N) is 1. The quantitative estimate of drug-likeness (QED) is 0.368. The number of nitrogens with one attached hydrogen (secondary N) is 2. The summed E-state index contributed by atoms with van der Waals surface area (Å²) in [5, 5.41) is 2.91. The van der Waals surface area contributed by atoms with Gasteiger partial charge in [0.05, 0.1) is 5.56 Å². The first kappa shape index (κ1) is 16.4. The van der Waals surface area contributed by atoms with E-state index in [0.29, 0.717) is 11.4 Å². The Labute approximate surface area is 121 Å². The lowest BCUT2D eigenvalue weighted by Crippen LogP contribution is -2.24. The predicted molar refractivity (Wildman–Crippen MR) is 82.3 cm³/mol. The van der Waals surface area contributed by atoms with Crippen LogP contribution in [0.2, 0.25) is 0 Å². The molecule has 1 amide bonds. The van der Waals surface area contributed by atoms with Gasteiger partial charge in [0.1, 0.15) is 5.82 Å². The number of unbranched alkanes of at least 4 members (excludes halogenated alkanes) is 3. The maximum atomic E-state index is 11.8. The minimum absolute atomic E-state index is 0.0803. The Morgan fingerprint density at radius 3 is 2.60 bits per heavy atom. The van der Waals surface area contributed by atoms with Crippen LogP contribution in [0.1, 0.15) is 56.3 Å². The summed E-state index contributed by atoms with van der Waals surface area (Å²) in [6.45, 7) is 5.22. The third kappa shape index (κ3) is 6.52. The van der Waals surface area contributed by atoms with Crippen molar-refractivity contribution in [3.05, 3.63) is 23.9 Å². The van der Waals surface area contributed by atoms with Crippen molar-refractivity contribution in [3.63, 3.8) is 0 Å². The van der Waals surface area contributed by atoms with Gasteiger partial charge in [-0.1, -0.05) is 39.5 Å². The first-order valence-corrected chi connectivity index (χ1v) is 7.34. The highest BCUT2D eigenvalue weighted by Crippen LogP contribution is 2.09. The molecule has 0 atom stereocenters. The van der Waals surface area contributed by atoms with E-state index in [4.69, 9.17) is 5.84 Å². The average Bonchev–Trinajstić information content (AvgIpc) is 2.45. The molecule has 0 aliphatic heterocycles. The molecule has 4 N–H and O–H groups in total. The number of aromatic nitrogens is 1. The number of hydrogen-bond donors (Lipinski definition) is 3. The van der Waals surface area contributed by atoms with E-state index in [0.717, 1.165) is 18.9 Å². The number of anilines is 1. The van der Waals surface area contributed by atoms with E-state index in [2.05, 4.69) is 29.6 Å². The van der Waals surface area contributed by atoms with E-state index in [-0.39, 0.29) is 5.91 Å². The van der Waals surface area contributed by atoms with Gasteiger partial charge in [-0.15, -0.1) is 0 Å². The minimum atomic E-state index is -0.0803. The third-order valence-corrected chi connectivity index (χ3v) is 3.17. The Morgan fingerprint density at radius 1 is 1.25 bits per heavy atom. The second-order valence-electron chi connectivity index (χ2n) is 5.43. The molecule has 5 heteroatoms. The summed E-state index contributed by atoms with van der Waals surface area (Å²) in [6, 6.07) is 3.39. The Balaban J connectivity index is 2.13. The van der Waals surface area contributed by atoms with Crippen LogP contribution < -0.4 is 16.6 Å². The zero-order valence-electron chi connectivity index (χ0n) is 12.5. The molecular formula is C15H26N4O. The lowest BCUT2D eigenvalue weighted by Gasteiger charge is -2.06. The molecular weight excluding hydrogens is 252 g/mol. The molecule has 0 unspecified atom stereocenters. The van der Waals surface area contributed by atoms with E-state index in [1.165, 1.54) is 31.9 Å². The molecule has 20 heavy (non-hydrogen) atoms. The summed E-state index contributed by atoms with van der Waals surface area (Å²) in [5.41, 5.74) is 2.99. The van der Waals surface area contributed by atoms with Crippen LogP contribution in [0.5, 0.6) is 0 Å². The van der Waals surface area contributed by atoms with E-state index in [1.807, 2.05) is 0 Å². The van der Waals surface area contributed by atoms with Crippen LogP contribution in [0.4, 0.5) is 5.82 Å². The molecule has 5 nitrogen and oxygen atoms in total. The molecule has 0 radical (unpaired) electrons.